The summed E-state index contributed by atoms with van der Waals surface area (Å²) in [5.74, 6) is 0.224. The molecule has 0 radical (unpaired) electrons. The van der Waals surface area contributed by atoms with Crippen LogP contribution in [0.2, 0.25) is 10.0 Å². The number of carbonyl (C=O) groups is 1. The van der Waals surface area contributed by atoms with Gasteiger partial charge in [-0.2, -0.15) is 0 Å². The van der Waals surface area contributed by atoms with Crippen molar-refractivity contribution in [3.8, 4) is 0 Å². The number of aromatic nitrogens is 2. The number of carbonyl (C=O) groups excluding carboxylic acids is 1. The smallest absolute Gasteiger partial charge is 0.274 e. The first-order valence-corrected chi connectivity index (χ1v) is 7.68. The molecule has 8 heteroatoms. The number of amides is 1. The summed E-state index contributed by atoms with van der Waals surface area (Å²) >= 11 is 11.9. The topological polar surface area (TPSA) is 70.2 Å². The largest absolute Gasteiger partial charge is 0.369 e. The van der Waals surface area contributed by atoms with E-state index < -0.39 is 0 Å². The Morgan fingerprint density at radius 2 is 2.00 bits per heavy atom. The lowest BCUT2D eigenvalue weighted by molar-refractivity contribution is 0.102. The van der Waals surface area contributed by atoms with E-state index >= 15 is 0 Å². The molecule has 0 unspecified atom stereocenters. The Morgan fingerprint density at radius 1 is 1.22 bits per heavy atom. The van der Waals surface area contributed by atoms with Gasteiger partial charge in [0.1, 0.15) is 17.8 Å². The fourth-order valence-corrected chi connectivity index (χ4v) is 2.22. The molecule has 1 heterocycles. The van der Waals surface area contributed by atoms with Crippen LogP contribution in [0.5, 0.6) is 0 Å². The summed E-state index contributed by atoms with van der Waals surface area (Å²) < 4.78 is 0. The van der Waals surface area contributed by atoms with Gasteiger partial charge in [0, 0.05) is 24.2 Å². The summed E-state index contributed by atoms with van der Waals surface area (Å²) in [7, 11) is 3.97. The van der Waals surface area contributed by atoms with E-state index in [1.807, 2.05) is 19.0 Å². The summed E-state index contributed by atoms with van der Waals surface area (Å²) in [4.78, 5) is 22.4. The second kappa shape index (κ2) is 8.10. The number of halogens is 2. The molecule has 0 saturated carbocycles. The van der Waals surface area contributed by atoms with Crippen molar-refractivity contribution < 1.29 is 4.79 Å². The monoisotopic (exact) mass is 353 g/mol. The van der Waals surface area contributed by atoms with E-state index in [4.69, 9.17) is 23.2 Å². The zero-order chi connectivity index (χ0) is 16.8. The molecule has 0 saturated heterocycles. The molecule has 1 aromatic carbocycles. The van der Waals surface area contributed by atoms with Gasteiger partial charge < -0.3 is 15.5 Å². The van der Waals surface area contributed by atoms with Crippen LogP contribution in [0.25, 0.3) is 0 Å². The Morgan fingerprint density at radius 3 is 2.70 bits per heavy atom. The molecular weight excluding hydrogens is 337 g/mol. The molecule has 0 aliphatic rings. The van der Waals surface area contributed by atoms with E-state index in [0.717, 1.165) is 6.54 Å². The highest BCUT2D eigenvalue weighted by atomic mass is 35.5. The van der Waals surface area contributed by atoms with Crippen LogP contribution in [-0.2, 0) is 0 Å². The molecular formula is C15H17Cl2N5O. The predicted molar refractivity (Wildman–Crippen MR) is 93.5 cm³/mol. The van der Waals surface area contributed by atoms with E-state index in [1.54, 1.807) is 24.3 Å². The average Bonchev–Trinajstić information content (AvgIpc) is 2.50. The first kappa shape index (κ1) is 17.5. The first-order chi connectivity index (χ1) is 11.0. The van der Waals surface area contributed by atoms with Crippen LogP contribution < -0.4 is 10.6 Å². The van der Waals surface area contributed by atoms with Crippen molar-refractivity contribution in [1.82, 2.24) is 14.9 Å². The lowest BCUT2D eigenvalue weighted by atomic mass is 10.3. The van der Waals surface area contributed by atoms with Gasteiger partial charge in [0.25, 0.3) is 5.91 Å². The minimum absolute atomic E-state index is 0.248. The quantitative estimate of drug-likeness (QED) is 0.835. The summed E-state index contributed by atoms with van der Waals surface area (Å²) in [6.45, 7) is 1.57. The highest BCUT2D eigenvalue weighted by Crippen LogP contribution is 2.25. The third kappa shape index (κ3) is 5.35. The van der Waals surface area contributed by atoms with Gasteiger partial charge in [-0.15, -0.1) is 0 Å². The van der Waals surface area contributed by atoms with Crippen molar-refractivity contribution in [1.29, 1.82) is 0 Å². The molecule has 0 fully saturated rings. The van der Waals surface area contributed by atoms with Crippen molar-refractivity contribution in [3.05, 3.63) is 46.3 Å². The number of hydrogen-bond donors (Lipinski definition) is 2. The highest BCUT2D eigenvalue weighted by molar-refractivity contribution is 6.36. The number of likely N-dealkylation sites (N-methyl/N-ethyl adjacent to an activating group) is 1. The Kier molecular flexibility index (Phi) is 6.15. The fourth-order valence-electron chi connectivity index (χ4n) is 1.76. The Labute approximate surface area is 144 Å². The maximum absolute atomic E-state index is 12.3. The SMILES string of the molecule is CN(C)CCNc1cc(C(=O)Nc2ccc(Cl)cc2Cl)ncn1. The molecule has 122 valence electrons. The van der Waals surface area contributed by atoms with Crippen LogP contribution in [0.4, 0.5) is 11.5 Å². The molecule has 0 bridgehead atoms. The third-order valence-corrected chi connectivity index (χ3v) is 3.49. The number of anilines is 2. The molecule has 1 amide bonds. The third-order valence-electron chi connectivity index (χ3n) is 2.94. The van der Waals surface area contributed by atoms with Crippen molar-refractivity contribution in [2.24, 2.45) is 0 Å². The first-order valence-electron chi connectivity index (χ1n) is 6.93. The van der Waals surface area contributed by atoms with Crippen molar-refractivity contribution in [2.45, 2.75) is 0 Å². The van der Waals surface area contributed by atoms with Crippen LogP contribution in [0.1, 0.15) is 10.5 Å². The maximum atomic E-state index is 12.3. The van der Waals surface area contributed by atoms with Gasteiger partial charge in [0.05, 0.1) is 10.7 Å². The summed E-state index contributed by atoms with van der Waals surface area (Å²) in [5.41, 5.74) is 0.722. The minimum atomic E-state index is -0.368. The highest BCUT2D eigenvalue weighted by Gasteiger charge is 2.11. The molecule has 2 N–H and O–H groups in total. The molecule has 2 aromatic rings. The van der Waals surface area contributed by atoms with Gasteiger partial charge in [0.15, 0.2) is 0 Å². The van der Waals surface area contributed by atoms with E-state index in [0.29, 0.717) is 28.1 Å². The summed E-state index contributed by atoms with van der Waals surface area (Å²) in [6.07, 6.45) is 1.34. The second-order valence-electron chi connectivity index (χ2n) is 5.10. The van der Waals surface area contributed by atoms with E-state index in [9.17, 15) is 4.79 Å². The van der Waals surface area contributed by atoms with Gasteiger partial charge in [-0.3, -0.25) is 4.79 Å². The summed E-state index contributed by atoms with van der Waals surface area (Å²) in [6, 6.07) is 6.44. The van der Waals surface area contributed by atoms with Gasteiger partial charge >= 0.3 is 0 Å². The normalized spacial score (nSPS) is 10.7. The lowest BCUT2D eigenvalue weighted by Crippen LogP contribution is -2.21. The Bertz CT molecular complexity index is 693. The van der Waals surface area contributed by atoms with E-state index in [-0.39, 0.29) is 11.6 Å². The number of rotatable bonds is 6. The Hall–Kier alpha value is -1.89. The Balaban J connectivity index is 2.04. The molecule has 2 rings (SSSR count). The van der Waals surface area contributed by atoms with Crippen LogP contribution in [-0.4, -0.2) is 48.0 Å². The van der Waals surface area contributed by atoms with Crippen LogP contribution in [0, 0.1) is 0 Å². The van der Waals surface area contributed by atoms with Crippen LogP contribution >= 0.6 is 23.2 Å². The second-order valence-corrected chi connectivity index (χ2v) is 5.94. The maximum Gasteiger partial charge on any atom is 0.274 e. The lowest BCUT2D eigenvalue weighted by Gasteiger charge is -2.11. The molecule has 23 heavy (non-hydrogen) atoms. The van der Waals surface area contributed by atoms with Crippen LogP contribution in [0.15, 0.2) is 30.6 Å². The zero-order valence-corrected chi connectivity index (χ0v) is 14.3. The van der Waals surface area contributed by atoms with Crippen molar-refractivity contribution in [3.63, 3.8) is 0 Å². The molecule has 0 atom stereocenters. The van der Waals surface area contributed by atoms with Gasteiger partial charge in [-0.25, -0.2) is 9.97 Å². The predicted octanol–water partition coefficient (Wildman–Crippen LogP) is 3.01. The van der Waals surface area contributed by atoms with Crippen LogP contribution in [0.3, 0.4) is 0 Å². The molecule has 1 aromatic heterocycles. The molecule has 0 aliphatic heterocycles. The van der Waals surface area contributed by atoms with Crippen molar-refractivity contribution >= 4 is 40.6 Å². The average molecular weight is 354 g/mol. The molecule has 0 spiro atoms. The number of benzene rings is 1. The minimum Gasteiger partial charge on any atom is -0.369 e. The number of nitrogens with zero attached hydrogens (tertiary/aromatic N) is 3. The van der Waals surface area contributed by atoms with Crippen molar-refractivity contribution in [2.75, 3.05) is 37.8 Å². The number of nitrogens with one attached hydrogen (secondary N) is 2. The zero-order valence-electron chi connectivity index (χ0n) is 12.8. The fraction of sp³-hybridized carbons (Fsp3) is 0.267. The summed E-state index contributed by atoms with van der Waals surface area (Å²) in [5, 5.41) is 6.70. The standard InChI is InChI=1S/C15H17Cl2N5O/c1-22(2)6-5-18-14-8-13(19-9-20-14)15(23)21-12-4-3-10(16)7-11(12)17/h3-4,7-9H,5-6H2,1-2H3,(H,21,23)(H,18,19,20). The molecule has 0 aliphatic carbocycles. The van der Waals surface area contributed by atoms with E-state index in [1.165, 1.54) is 6.33 Å². The van der Waals surface area contributed by atoms with Gasteiger partial charge in [0.2, 0.25) is 0 Å². The molecule has 6 nitrogen and oxygen atoms in total. The van der Waals surface area contributed by atoms with E-state index in [2.05, 4.69) is 20.6 Å². The van der Waals surface area contributed by atoms with Gasteiger partial charge in [-0.05, 0) is 32.3 Å². The number of hydrogen-bond acceptors (Lipinski definition) is 5. The van der Waals surface area contributed by atoms with Gasteiger partial charge in [-0.1, -0.05) is 23.2 Å².